The minimum absolute atomic E-state index is 0.0352. The van der Waals surface area contributed by atoms with Gasteiger partial charge in [-0.2, -0.15) is 0 Å². The summed E-state index contributed by atoms with van der Waals surface area (Å²) in [6.45, 7) is 2.36. The van der Waals surface area contributed by atoms with Crippen LogP contribution in [0.5, 0.6) is 0 Å². The fourth-order valence-corrected chi connectivity index (χ4v) is 3.93. The van der Waals surface area contributed by atoms with E-state index in [4.69, 9.17) is 0 Å². The molecule has 2 N–H and O–H groups in total. The van der Waals surface area contributed by atoms with Crippen LogP contribution in [0, 0.1) is 0 Å². The maximum absolute atomic E-state index is 12.4. The number of hydrogen-bond donors (Lipinski definition) is 2. The summed E-state index contributed by atoms with van der Waals surface area (Å²) < 4.78 is 0. The number of carbonyl (C=O) groups excluding carboxylic acids is 1. The molecular weight excluding hydrogens is 352 g/mol. The maximum Gasteiger partial charge on any atom is 0.234 e. The molecule has 0 aliphatic heterocycles. The summed E-state index contributed by atoms with van der Waals surface area (Å²) in [5.41, 5.74) is 2.48. The van der Waals surface area contributed by atoms with Crippen molar-refractivity contribution in [2.75, 3.05) is 6.54 Å². The average molecular weight is 379 g/mol. The van der Waals surface area contributed by atoms with Crippen LogP contribution in [0.25, 0.3) is 0 Å². The van der Waals surface area contributed by atoms with Crippen molar-refractivity contribution in [2.45, 2.75) is 31.8 Å². The first-order chi connectivity index (χ1) is 13.2. The Bertz CT molecular complexity index is 803. The number of carbonyl (C=O) groups is 1. The molecule has 1 heterocycles. The standard InChI is InChI=1S/C23H26N2OS/c1-18(14-15-19-9-4-2-5-10-19)25-22(26)17-24-23(21-13-8-16-27-21)20-11-6-3-7-12-20/h2-13,16,18,23-24H,14-15,17H2,1H3,(H,25,26)/t18-,23+/m0/s1. The van der Waals surface area contributed by atoms with Crippen LogP contribution in [-0.2, 0) is 11.2 Å². The van der Waals surface area contributed by atoms with Gasteiger partial charge in [0.15, 0.2) is 0 Å². The Morgan fingerprint density at radius 1 is 0.963 bits per heavy atom. The summed E-state index contributed by atoms with van der Waals surface area (Å²) in [4.78, 5) is 13.6. The molecule has 2 atom stereocenters. The smallest absolute Gasteiger partial charge is 0.234 e. The van der Waals surface area contributed by atoms with Crippen molar-refractivity contribution in [3.63, 3.8) is 0 Å². The van der Waals surface area contributed by atoms with Gasteiger partial charge in [0.05, 0.1) is 12.6 Å². The van der Waals surface area contributed by atoms with E-state index in [1.807, 2.05) is 30.3 Å². The monoisotopic (exact) mass is 378 g/mol. The average Bonchev–Trinajstić information content (AvgIpc) is 3.23. The van der Waals surface area contributed by atoms with E-state index < -0.39 is 0 Å². The molecule has 1 amide bonds. The Kier molecular flexibility index (Phi) is 7.19. The number of amides is 1. The molecule has 0 aliphatic rings. The molecule has 3 nitrogen and oxygen atoms in total. The van der Waals surface area contributed by atoms with Crippen molar-refractivity contribution in [3.05, 3.63) is 94.2 Å². The Balaban J connectivity index is 1.50. The molecule has 4 heteroatoms. The van der Waals surface area contributed by atoms with Gasteiger partial charge in [0, 0.05) is 10.9 Å². The third-order valence-corrected chi connectivity index (χ3v) is 5.48. The second-order valence-corrected chi connectivity index (χ2v) is 7.71. The molecule has 0 spiro atoms. The largest absolute Gasteiger partial charge is 0.353 e. The predicted octanol–water partition coefficient (Wildman–Crippen LogP) is 4.56. The van der Waals surface area contributed by atoms with Crippen LogP contribution in [-0.4, -0.2) is 18.5 Å². The van der Waals surface area contributed by atoms with E-state index in [9.17, 15) is 4.79 Å². The summed E-state index contributed by atoms with van der Waals surface area (Å²) in [5, 5.41) is 8.59. The lowest BCUT2D eigenvalue weighted by molar-refractivity contribution is -0.120. The van der Waals surface area contributed by atoms with Gasteiger partial charge in [-0.25, -0.2) is 0 Å². The molecule has 0 radical (unpaired) electrons. The fraction of sp³-hybridized carbons (Fsp3) is 0.261. The van der Waals surface area contributed by atoms with Crippen molar-refractivity contribution in [2.24, 2.45) is 0 Å². The minimum atomic E-state index is 0.0352. The minimum Gasteiger partial charge on any atom is -0.353 e. The lowest BCUT2D eigenvalue weighted by Crippen LogP contribution is -2.40. The van der Waals surface area contributed by atoms with Gasteiger partial charge < -0.3 is 5.32 Å². The van der Waals surface area contributed by atoms with Gasteiger partial charge in [-0.3, -0.25) is 10.1 Å². The highest BCUT2D eigenvalue weighted by Gasteiger charge is 2.16. The van der Waals surface area contributed by atoms with E-state index in [1.54, 1.807) is 11.3 Å². The lowest BCUT2D eigenvalue weighted by atomic mass is 10.1. The summed E-state index contributed by atoms with van der Waals surface area (Å²) in [7, 11) is 0. The van der Waals surface area contributed by atoms with E-state index in [-0.39, 0.29) is 18.0 Å². The first kappa shape index (κ1) is 19.3. The van der Waals surface area contributed by atoms with Crippen molar-refractivity contribution >= 4 is 17.2 Å². The van der Waals surface area contributed by atoms with Crippen LogP contribution in [0.2, 0.25) is 0 Å². The van der Waals surface area contributed by atoms with Crippen LogP contribution in [0.3, 0.4) is 0 Å². The van der Waals surface area contributed by atoms with Gasteiger partial charge >= 0.3 is 0 Å². The zero-order chi connectivity index (χ0) is 18.9. The number of benzene rings is 2. The molecule has 1 aromatic heterocycles. The molecule has 140 valence electrons. The number of nitrogens with one attached hydrogen (secondary N) is 2. The highest BCUT2D eigenvalue weighted by Crippen LogP contribution is 2.25. The quantitative estimate of drug-likeness (QED) is 0.573. The van der Waals surface area contributed by atoms with Crippen LogP contribution >= 0.6 is 11.3 Å². The van der Waals surface area contributed by atoms with Gasteiger partial charge in [-0.15, -0.1) is 11.3 Å². The fourth-order valence-electron chi connectivity index (χ4n) is 3.10. The van der Waals surface area contributed by atoms with Crippen molar-refractivity contribution in [1.82, 2.24) is 10.6 Å². The Morgan fingerprint density at radius 3 is 2.33 bits per heavy atom. The number of hydrogen-bond acceptors (Lipinski definition) is 3. The van der Waals surface area contributed by atoms with E-state index >= 15 is 0 Å². The number of aryl methyl sites for hydroxylation is 1. The van der Waals surface area contributed by atoms with E-state index in [0.29, 0.717) is 6.54 Å². The molecule has 0 aliphatic carbocycles. The summed E-state index contributed by atoms with van der Waals surface area (Å²) in [6.07, 6.45) is 1.90. The SMILES string of the molecule is C[C@@H](CCc1ccccc1)NC(=O)CN[C@H](c1ccccc1)c1cccs1. The lowest BCUT2D eigenvalue weighted by Gasteiger charge is -2.19. The van der Waals surface area contributed by atoms with Gasteiger partial charge in [-0.05, 0) is 42.3 Å². The molecule has 2 aromatic carbocycles. The number of thiophene rings is 1. The van der Waals surface area contributed by atoms with E-state index in [0.717, 1.165) is 12.8 Å². The molecule has 0 unspecified atom stereocenters. The molecule has 3 rings (SSSR count). The summed E-state index contributed by atoms with van der Waals surface area (Å²) >= 11 is 1.70. The molecule has 0 fully saturated rings. The van der Waals surface area contributed by atoms with Gasteiger partial charge in [0.2, 0.25) is 5.91 Å². The molecule has 0 saturated heterocycles. The number of rotatable bonds is 9. The van der Waals surface area contributed by atoms with E-state index in [2.05, 4.69) is 65.4 Å². The topological polar surface area (TPSA) is 41.1 Å². The van der Waals surface area contributed by atoms with Crippen LogP contribution in [0.1, 0.15) is 35.4 Å². The summed E-state index contributed by atoms with van der Waals surface area (Å²) in [5.74, 6) is 0.0352. The maximum atomic E-state index is 12.4. The van der Waals surface area contributed by atoms with Crippen molar-refractivity contribution in [1.29, 1.82) is 0 Å². The second-order valence-electron chi connectivity index (χ2n) is 6.73. The normalized spacial score (nSPS) is 13.1. The molecular formula is C23H26N2OS. The van der Waals surface area contributed by atoms with Crippen LogP contribution in [0.15, 0.2) is 78.2 Å². The van der Waals surface area contributed by atoms with Crippen LogP contribution in [0.4, 0.5) is 0 Å². The molecule has 0 bridgehead atoms. The Labute approximate surface area is 165 Å². The highest BCUT2D eigenvalue weighted by atomic mass is 32.1. The summed E-state index contributed by atoms with van der Waals surface area (Å²) in [6, 6.07) is 25.0. The predicted molar refractivity (Wildman–Crippen MR) is 113 cm³/mol. The van der Waals surface area contributed by atoms with Gasteiger partial charge in [0.25, 0.3) is 0 Å². The Hall–Kier alpha value is -2.43. The third-order valence-electron chi connectivity index (χ3n) is 4.54. The van der Waals surface area contributed by atoms with Gasteiger partial charge in [0.1, 0.15) is 0 Å². The zero-order valence-electron chi connectivity index (χ0n) is 15.6. The first-order valence-electron chi connectivity index (χ1n) is 9.37. The molecule has 27 heavy (non-hydrogen) atoms. The molecule has 0 saturated carbocycles. The Morgan fingerprint density at radius 2 is 1.67 bits per heavy atom. The molecule has 3 aromatic rings. The van der Waals surface area contributed by atoms with Crippen LogP contribution < -0.4 is 10.6 Å². The third kappa shape index (κ3) is 6.05. The highest BCUT2D eigenvalue weighted by molar-refractivity contribution is 7.10. The van der Waals surface area contributed by atoms with Crippen molar-refractivity contribution in [3.8, 4) is 0 Å². The van der Waals surface area contributed by atoms with Crippen molar-refractivity contribution < 1.29 is 4.79 Å². The zero-order valence-corrected chi connectivity index (χ0v) is 16.4. The van der Waals surface area contributed by atoms with E-state index in [1.165, 1.54) is 16.0 Å². The van der Waals surface area contributed by atoms with Gasteiger partial charge in [-0.1, -0.05) is 66.7 Å². The second kappa shape index (κ2) is 10.0. The first-order valence-corrected chi connectivity index (χ1v) is 10.3.